The molecule has 2 aromatic carbocycles. The molecular weight excluding hydrogens is 260 g/mol. The molecule has 0 radical (unpaired) electrons. The molecule has 0 bridgehead atoms. The summed E-state index contributed by atoms with van der Waals surface area (Å²) < 4.78 is 0. The first kappa shape index (κ1) is 13.4. The number of nitrogens with zero attached hydrogens (tertiary/aromatic N) is 1. The quantitative estimate of drug-likeness (QED) is 0.932. The van der Waals surface area contributed by atoms with Gasteiger partial charge in [-0.1, -0.05) is 36.4 Å². The van der Waals surface area contributed by atoms with Crippen LogP contribution < -0.4 is 5.32 Å². The van der Waals surface area contributed by atoms with Gasteiger partial charge >= 0.3 is 0 Å². The smallest absolute Gasteiger partial charge is 0.235 e. The van der Waals surface area contributed by atoms with Gasteiger partial charge in [-0.25, -0.2) is 0 Å². The number of nitriles is 1. The average molecular weight is 276 g/mol. The predicted octanol–water partition coefficient (Wildman–Crippen LogP) is 3.54. The molecule has 0 aliphatic heterocycles. The summed E-state index contributed by atoms with van der Waals surface area (Å²) in [6, 6.07) is 17.3. The van der Waals surface area contributed by atoms with Crippen molar-refractivity contribution in [3.63, 3.8) is 0 Å². The SMILES string of the molecule is Cc1ccc(C#N)cc1NC(=O)C1(c2ccccc2)CC1. The Morgan fingerprint density at radius 2 is 1.90 bits per heavy atom. The van der Waals surface area contributed by atoms with Crippen LogP contribution in [-0.4, -0.2) is 5.91 Å². The molecule has 0 heterocycles. The minimum atomic E-state index is -0.393. The van der Waals surface area contributed by atoms with Gasteiger partial charge in [0.25, 0.3) is 0 Å². The van der Waals surface area contributed by atoms with Gasteiger partial charge in [-0.15, -0.1) is 0 Å². The van der Waals surface area contributed by atoms with Crippen molar-refractivity contribution in [2.24, 2.45) is 0 Å². The van der Waals surface area contributed by atoms with E-state index in [4.69, 9.17) is 5.26 Å². The first-order chi connectivity index (χ1) is 10.2. The highest BCUT2D eigenvalue weighted by Gasteiger charge is 2.51. The molecule has 0 saturated heterocycles. The second-order valence-corrected chi connectivity index (χ2v) is 5.54. The van der Waals surface area contributed by atoms with E-state index in [0.29, 0.717) is 5.56 Å². The molecule has 1 fully saturated rings. The lowest BCUT2D eigenvalue weighted by Crippen LogP contribution is -2.28. The van der Waals surface area contributed by atoms with E-state index >= 15 is 0 Å². The van der Waals surface area contributed by atoms with Gasteiger partial charge in [0.15, 0.2) is 0 Å². The Kier molecular flexibility index (Phi) is 3.23. The van der Waals surface area contributed by atoms with Crippen LogP contribution in [0.3, 0.4) is 0 Å². The maximum absolute atomic E-state index is 12.7. The second-order valence-electron chi connectivity index (χ2n) is 5.54. The normalized spacial score (nSPS) is 15.0. The van der Waals surface area contributed by atoms with Gasteiger partial charge in [0.2, 0.25) is 5.91 Å². The van der Waals surface area contributed by atoms with Gasteiger partial charge < -0.3 is 5.32 Å². The third-order valence-electron chi connectivity index (χ3n) is 4.13. The lowest BCUT2D eigenvalue weighted by molar-refractivity contribution is -0.118. The molecule has 1 aliphatic carbocycles. The summed E-state index contributed by atoms with van der Waals surface area (Å²) in [5, 5.41) is 12.0. The van der Waals surface area contributed by atoms with Crippen molar-refractivity contribution in [3.05, 3.63) is 65.2 Å². The molecule has 3 rings (SSSR count). The minimum Gasteiger partial charge on any atom is -0.325 e. The molecule has 3 heteroatoms. The third-order valence-corrected chi connectivity index (χ3v) is 4.13. The molecule has 1 amide bonds. The molecular formula is C18H16N2O. The zero-order valence-corrected chi connectivity index (χ0v) is 11.9. The fraction of sp³-hybridized carbons (Fsp3) is 0.222. The molecule has 1 aliphatic rings. The monoisotopic (exact) mass is 276 g/mol. The highest BCUT2D eigenvalue weighted by atomic mass is 16.2. The van der Waals surface area contributed by atoms with Crippen LogP contribution in [0.4, 0.5) is 5.69 Å². The summed E-state index contributed by atoms with van der Waals surface area (Å²) in [5.74, 6) is 0.0203. The summed E-state index contributed by atoms with van der Waals surface area (Å²) in [6.07, 6.45) is 1.75. The van der Waals surface area contributed by atoms with Crippen molar-refractivity contribution in [2.75, 3.05) is 5.32 Å². The van der Waals surface area contributed by atoms with Crippen LogP contribution in [0.2, 0.25) is 0 Å². The molecule has 0 unspecified atom stereocenters. The van der Waals surface area contributed by atoms with E-state index in [2.05, 4.69) is 11.4 Å². The van der Waals surface area contributed by atoms with Crippen molar-refractivity contribution in [3.8, 4) is 6.07 Å². The fourth-order valence-corrected chi connectivity index (χ4v) is 2.60. The number of carbonyl (C=O) groups excluding carboxylic acids is 1. The summed E-state index contributed by atoms with van der Waals surface area (Å²) in [7, 11) is 0. The number of carbonyl (C=O) groups is 1. The Bertz CT molecular complexity index is 725. The second kappa shape index (κ2) is 5.06. The Hall–Kier alpha value is -2.60. The highest BCUT2D eigenvalue weighted by Crippen LogP contribution is 2.49. The van der Waals surface area contributed by atoms with Gasteiger partial charge in [0.05, 0.1) is 17.0 Å². The Labute approximate surface area is 124 Å². The first-order valence-electron chi connectivity index (χ1n) is 7.03. The molecule has 0 spiro atoms. The minimum absolute atomic E-state index is 0.0203. The van der Waals surface area contributed by atoms with Crippen LogP contribution in [0.15, 0.2) is 48.5 Å². The summed E-state index contributed by atoms with van der Waals surface area (Å²) >= 11 is 0. The molecule has 0 atom stereocenters. The predicted molar refractivity (Wildman–Crippen MR) is 81.9 cm³/mol. The maximum atomic E-state index is 12.7. The van der Waals surface area contributed by atoms with E-state index < -0.39 is 5.41 Å². The van der Waals surface area contributed by atoms with Crippen LogP contribution >= 0.6 is 0 Å². The van der Waals surface area contributed by atoms with Crippen molar-refractivity contribution in [1.82, 2.24) is 0 Å². The van der Waals surface area contributed by atoms with Gasteiger partial charge in [-0.05, 0) is 43.0 Å². The third kappa shape index (κ3) is 2.41. The van der Waals surface area contributed by atoms with E-state index in [1.165, 1.54) is 0 Å². The summed E-state index contributed by atoms with van der Waals surface area (Å²) in [5.41, 5.74) is 2.92. The number of amides is 1. The van der Waals surface area contributed by atoms with Crippen LogP contribution in [-0.2, 0) is 10.2 Å². The van der Waals surface area contributed by atoms with Crippen LogP contribution in [0.5, 0.6) is 0 Å². The Balaban J connectivity index is 1.86. The molecule has 104 valence electrons. The lowest BCUT2D eigenvalue weighted by atomic mass is 9.95. The number of hydrogen-bond acceptors (Lipinski definition) is 2. The maximum Gasteiger partial charge on any atom is 0.235 e. The zero-order chi connectivity index (χ0) is 14.9. The topological polar surface area (TPSA) is 52.9 Å². The molecule has 3 nitrogen and oxygen atoms in total. The Morgan fingerprint density at radius 3 is 2.52 bits per heavy atom. The highest BCUT2D eigenvalue weighted by molar-refractivity contribution is 6.01. The molecule has 1 saturated carbocycles. The molecule has 21 heavy (non-hydrogen) atoms. The van der Waals surface area contributed by atoms with E-state index in [-0.39, 0.29) is 5.91 Å². The van der Waals surface area contributed by atoms with Crippen molar-refractivity contribution >= 4 is 11.6 Å². The number of hydrogen-bond donors (Lipinski definition) is 1. The van der Waals surface area contributed by atoms with Crippen molar-refractivity contribution in [1.29, 1.82) is 5.26 Å². The fourth-order valence-electron chi connectivity index (χ4n) is 2.60. The van der Waals surface area contributed by atoms with Crippen LogP contribution in [0.1, 0.15) is 29.5 Å². The van der Waals surface area contributed by atoms with Crippen molar-refractivity contribution < 1.29 is 4.79 Å². The van der Waals surface area contributed by atoms with Gasteiger partial charge in [-0.3, -0.25) is 4.79 Å². The number of benzene rings is 2. The first-order valence-corrected chi connectivity index (χ1v) is 7.03. The summed E-state index contributed by atoms with van der Waals surface area (Å²) in [6.45, 7) is 1.93. The average Bonchev–Trinajstić information content (AvgIpc) is 3.32. The van der Waals surface area contributed by atoms with E-state index in [1.54, 1.807) is 12.1 Å². The summed E-state index contributed by atoms with van der Waals surface area (Å²) in [4.78, 5) is 12.7. The van der Waals surface area contributed by atoms with E-state index in [1.807, 2.05) is 43.3 Å². The van der Waals surface area contributed by atoms with Gasteiger partial charge in [0.1, 0.15) is 0 Å². The Morgan fingerprint density at radius 1 is 1.19 bits per heavy atom. The van der Waals surface area contributed by atoms with Crippen molar-refractivity contribution in [2.45, 2.75) is 25.2 Å². The number of aryl methyl sites for hydroxylation is 1. The largest absolute Gasteiger partial charge is 0.325 e. The lowest BCUT2D eigenvalue weighted by Gasteiger charge is -2.17. The van der Waals surface area contributed by atoms with Gasteiger partial charge in [-0.2, -0.15) is 5.26 Å². The number of rotatable bonds is 3. The van der Waals surface area contributed by atoms with E-state index in [9.17, 15) is 4.79 Å². The van der Waals surface area contributed by atoms with Crippen LogP contribution in [0.25, 0.3) is 0 Å². The number of anilines is 1. The molecule has 1 N–H and O–H groups in total. The standard InChI is InChI=1S/C18H16N2O/c1-13-7-8-14(12-19)11-16(13)20-17(21)18(9-10-18)15-5-3-2-4-6-15/h2-8,11H,9-10H2,1H3,(H,20,21). The molecule has 0 aromatic heterocycles. The van der Waals surface area contributed by atoms with Crippen LogP contribution in [0, 0.1) is 18.3 Å². The molecule has 2 aromatic rings. The zero-order valence-electron chi connectivity index (χ0n) is 11.9. The van der Waals surface area contributed by atoms with E-state index in [0.717, 1.165) is 29.7 Å². The van der Waals surface area contributed by atoms with Gasteiger partial charge in [0, 0.05) is 5.69 Å². The number of nitrogens with one attached hydrogen (secondary N) is 1.